The van der Waals surface area contributed by atoms with Crippen molar-refractivity contribution in [2.24, 2.45) is 5.73 Å². The summed E-state index contributed by atoms with van der Waals surface area (Å²) < 4.78 is 28.4. The van der Waals surface area contributed by atoms with Gasteiger partial charge in [0.2, 0.25) is 11.8 Å². The highest BCUT2D eigenvalue weighted by molar-refractivity contribution is 7.90. The molecular weight excluding hydrogens is 494 g/mol. The van der Waals surface area contributed by atoms with Gasteiger partial charge in [0.25, 0.3) is 0 Å². The third-order valence-corrected chi connectivity index (χ3v) is 7.07. The van der Waals surface area contributed by atoms with Crippen LogP contribution in [-0.2, 0) is 37.1 Å². The number of carbonyl (C=O) groups is 3. The Kier molecular flexibility index (Phi) is 9.78. The molecule has 0 fully saturated rings. The van der Waals surface area contributed by atoms with E-state index < -0.39 is 39.8 Å². The molecule has 0 saturated heterocycles. The van der Waals surface area contributed by atoms with Crippen molar-refractivity contribution in [1.82, 2.24) is 16.0 Å². The summed E-state index contributed by atoms with van der Waals surface area (Å²) in [5, 5.41) is 15.1. The maximum absolute atomic E-state index is 13.3. The third kappa shape index (κ3) is 9.02. The van der Waals surface area contributed by atoms with Gasteiger partial charge in [-0.25, -0.2) is 13.2 Å². The van der Waals surface area contributed by atoms with Crippen LogP contribution in [0.25, 0.3) is 0 Å². The second-order valence-electron chi connectivity index (χ2n) is 7.88. The predicted octanol–water partition coefficient (Wildman–Crippen LogP) is 0.537. The summed E-state index contributed by atoms with van der Waals surface area (Å²) in [6.45, 7) is -0.224. The van der Waals surface area contributed by atoms with Crippen LogP contribution in [-0.4, -0.2) is 63.4 Å². The predicted molar refractivity (Wildman–Crippen MR) is 133 cm³/mol. The van der Waals surface area contributed by atoms with Crippen molar-refractivity contribution in [2.45, 2.75) is 24.9 Å². The lowest BCUT2D eigenvalue weighted by molar-refractivity contribution is -0.130. The largest absolute Gasteiger partial charge is 0.453 e. The number of hydrogen-bond donors (Lipinski definition) is 5. The lowest BCUT2D eigenvalue weighted by atomic mass is 9.87. The number of amidine groups is 1. The first-order valence-corrected chi connectivity index (χ1v) is 13.4. The van der Waals surface area contributed by atoms with E-state index in [0.29, 0.717) is 10.4 Å². The Bertz CT molecular complexity index is 1170. The Morgan fingerprint density at radius 1 is 1.11 bits per heavy atom. The monoisotopic (exact) mass is 523 g/mol. The van der Waals surface area contributed by atoms with Crippen LogP contribution in [0.15, 0.2) is 42.5 Å². The fourth-order valence-electron chi connectivity index (χ4n) is 3.19. The number of hydrogen-bond acceptors (Lipinski definition) is 8. The molecule has 1 aromatic heterocycles. The van der Waals surface area contributed by atoms with Crippen LogP contribution >= 0.6 is 11.3 Å². The highest BCUT2D eigenvalue weighted by Crippen LogP contribution is 2.20. The fraction of sp³-hybridized carbons (Fsp3) is 0.364. The molecule has 0 aliphatic heterocycles. The van der Waals surface area contributed by atoms with Crippen LogP contribution < -0.4 is 21.7 Å². The highest BCUT2D eigenvalue weighted by atomic mass is 32.2. The molecule has 0 spiro atoms. The van der Waals surface area contributed by atoms with E-state index in [1.54, 1.807) is 42.5 Å². The van der Waals surface area contributed by atoms with Gasteiger partial charge in [-0.3, -0.25) is 15.0 Å². The molecule has 35 heavy (non-hydrogen) atoms. The van der Waals surface area contributed by atoms with Gasteiger partial charge >= 0.3 is 6.09 Å². The lowest BCUT2D eigenvalue weighted by Crippen LogP contribution is -2.61. The Balaban J connectivity index is 2.15. The number of amides is 3. The molecule has 1 unspecified atom stereocenters. The Morgan fingerprint density at radius 3 is 2.37 bits per heavy atom. The second kappa shape index (κ2) is 12.3. The van der Waals surface area contributed by atoms with Gasteiger partial charge in [-0.15, -0.1) is 11.3 Å². The van der Waals surface area contributed by atoms with Crippen molar-refractivity contribution in [3.63, 3.8) is 0 Å². The molecule has 1 heterocycles. The van der Waals surface area contributed by atoms with Crippen LogP contribution in [0.5, 0.6) is 0 Å². The molecule has 6 N–H and O–H groups in total. The minimum atomic E-state index is -3.47. The molecule has 2 rings (SSSR count). The van der Waals surface area contributed by atoms with Crippen LogP contribution in [0.1, 0.15) is 21.7 Å². The summed E-state index contributed by atoms with van der Waals surface area (Å²) in [6, 6.07) is 12.2. The number of nitrogens with two attached hydrogens (primary N) is 1. The zero-order chi connectivity index (χ0) is 26.1. The summed E-state index contributed by atoms with van der Waals surface area (Å²) in [4.78, 5) is 39.1. The first-order valence-electron chi connectivity index (χ1n) is 10.5. The zero-order valence-corrected chi connectivity index (χ0v) is 21.1. The molecule has 13 heteroatoms. The normalized spacial score (nSPS) is 12.7. The highest BCUT2D eigenvalue weighted by Gasteiger charge is 2.41. The number of alkyl carbamates (subject to hydrolysis) is 1. The van der Waals surface area contributed by atoms with Crippen LogP contribution in [0.2, 0.25) is 0 Å². The van der Waals surface area contributed by atoms with Gasteiger partial charge in [0.1, 0.15) is 21.2 Å². The third-order valence-electron chi connectivity index (χ3n) is 5.01. The van der Waals surface area contributed by atoms with Crippen LogP contribution in [0, 0.1) is 5.41 Å². The van der Waals surface area contributed by atoms with Gasteiger partial charge in [0.05, 0.1) is 30.8 Å². The van der Waals surface area contributed by atoms with E-state index in [1.165, 1.54) is 11.3 Å². The van der Waals surface area contributed by atoms with Gasteiger partial charge < -0.3 is 26.4 Å². The van der Waals surface area contributed by atoms with E-state index in [2.05, 4.69) is 20.7 Å². The van der Waals surface area contributed by atoms with Crippen LogP contribution in [0.4, 0.5) is 4.79 Å². The number of nitrogen functional groups attached to an aromatic ring is 1. The van der Waals surface area contributed by atoms with E-state index in [-0.39, 0.29) is 31.0 Å². The van der Waals surface area contributed by atoms with E-state index in [4.69, 9.17) is 11.1 Å². The van der Waals surface area contributed by atoms with Crippen LogP contribution in [0.3, 0.4) is 0 Å². The quantitative estimate of drug-likeness (QED) is 0.199. The molecule has 2 aromatic rings. The average molecular weight is 524 g/mol. The van der Waals surface area contributed by atoms with Gasteiger partial charge in [-0.1, -0.05) is 30.3 Å². The second-order valence-corrected chi connectivity index (χ2v) is 11.3. The number of carbonyl (C=O) groups excluding carboxylic acids is 3. The Hall–Kier alpha value is -3.45. The number of methoxy groups -OCH3 is 1. The molecular formula is C22H29N5O6S2. The van der Waals surface area contributed by atoms with Crippen molar-refractivity contribution < 1.29 is 27.5 Å². The van der Waals surface area contributed by atoms with Crippen molar-refractivity contribution in [3.8, 4) is 0 Å². The van der Waals surface area contributed by atoms with Crippen molar-refractivity contribution >= 4 is 44.9 Å². The molecule has 0 aliphatic rings. The SMILES string of the molecule is COC(=O)NC(CCS(C)(=O)=O)(Cc1ccccc1)C(=O)NCC(=O)NCc1ccc(C(=N)N)s1. The maximum atomic E-state index is 13.3. The van der Waals surface area contributed by atoms with E-state index in [9.17, 15) is 22.8 Å². The number of rotatable bonds is 12. The Morgan fingerprint density at radius 2 is 1.80 bits per heavy atom. The van der Waals surface area contributed by atoms with E-state index in [0.717, 1.165) is 18.2 Å². The first-order chi connectivity index (χ1) is 16.4. The van der Waals surface area contributed by atoms with Gasteiger partial charge in [0, 0.05) is 17.6 Å². The number of sulfone groups is 1. The van der Waals surface area contributed by atoms with Crippen molar-refractivity contribution in [2.75, 3.05) is 25.7 Å². The van der Waals surface area contributed by atoms with E-state index in [1.807, 2.05) is 0 Å². The lowest BCUT2D eigenvalue weighted by Gasteiger charge is -2.33. The van der Waals surface area contributed by atoms with E-state index >= 15 is 0 Å². The summed E-state index contributed by atoms with van der Waals surface area (Å²) in [6.07, 6.45) is -0.124. The number of ether oxygens (including phenoxy) is 1. The molecule has 1 atom stereocenters. The molecule has 0 aliphatic carbocycles. The molecule has 0 bridgehead atoms. The standard InChI is InChI=1S/C22H29N5O6S2/c1-33-21(30)27-22(10-11-35(2,31)32,12-15-6-4-3-5-7-15)20(29)26-14-18(28)25-13-16-8-9-17(34-16)19(23)24/h3-9H,10-14H2,1-2H3,(H3,23,24)(H,25,28)(H,26,29)(H,27,30). The van der Waals surface area contributed by atoms with Gasteiger partial charge in [-0.05, 0) is 24.1 Å². The molecule has 0 radical (unpaired) electrons. The minimum Gasteiger partial charge on any atom is -0.453 e. The topological polar surface area (TPSA) is 181 Å². The number of thiophene rings is 1. The molecule has 0 saturated carbocycles. The zero-order valence-electron chi connectivity index (χ0n) is 19.4. The number of nitrogens with one attached hydrogen (secondary N) is 4. The van der Waals surface area contributed by atoms with Gasteiger partial charge in [-0.2, -0.15) is 0 Å². The molecule has 11 nitrogen and oxygen atoms in total. The smallest absolute Gasteiger partial charge is 0.407 e. The summed E-state index contributed by atoms with van der Waals surface area (Å²) >= 11 is 1.26. The molecule has 1 aromatic carbocycles. The number of benzene rings is 1. The summed E-state index contributed by atoms with van der Waals surface area (Å²) in [7, 11) is -2.34. The van der Waals surface area contributed by atoms with Gasteiger partial charge in [0.15, 0.2) is 0 Å². The van der Waals surface area contributed by atoms with Crippen molar-refractivity contribution in [1.29, 1.82) is 5.41 Å². The average Bonchev–Trinajstić information content (AvgIpc) is 3.29. The maximum Gasteiger partial charge on any atom is 0.407 e. The molecule has 190 valence electrons. The summed E-state index contributed by atoms with van der Waals surface area (Å²) in [5.41, 5.74) is 4.44. The van der Waals surface area contributed by atoms with Crippen molar-refractivity contribution in [3.05, 3.63) is 57.8 Å². The minimum absolute atomic E-state index is 0.0189. The Labute approximate surface area is 207 Å². The summed E-state index contributed by atoms with van der Waals surface area (Å²) in [5.74, 6) is -1.66. The fourth-order valence-corrected chi connectivity index (χ4v) is 4.72. The first kappa shape index (κ1) is 27.8. The molecule has 3 amide bonds.